The third-order valence-corrected chi connectivity index (χ3v) is 7.07. The lowest BCUT2D eigenvalue weighted by molar-refractivity contribution is -0.121. The Bertz CT molecular complexity index is 845. The maximum Gasteiger partial charge on any atom is 0.341 e. The van der Waals surface area contributed by atoms with Gasteiger partial charge in [0.1, 0.15) is 10.6 Å². The van der Waals surface area contributed by atoms with Gasteiger partial charge in [-0.15, -0.1) is 11.3 Å². The first-order valence-electron chi connectivity index (χ1n) is 8.83. The third-order valence-electron chi connectivity index (χ3n) is 5.65. The lowest BCUT2D eigenvalue weighted by Gasteiger charge is -2.20. The average molecular weight is 434 g/mol. The van der Waals surface area contributed by atoms with Crippen LogP contribution in [0.15, 0.2) is 34.1 Å². The Morgan fingerprint density at radius 3 is 2.58 bits per heavy atom. The lowest BCUT2D eigenvalue weighted by Crippen LogP contribution is -2.27. The van der Waals surface area contributed by atoms with E-state index in [2.05, 4.69) is 21.2 Å². The molecular weight excluding hydrogens is 414 g/mol. The third kappa shape index (κ3) is 3.21. The van der Waals surface area contributed by atoms with Gasteiger partial charge in [0.05, 0.1) is 7.11 Å². The van der Waals surface area contributed by atoms with Crippen molar-refractivity contribution in [2.45, 2.75) is 25.7 Å². The number of carbonyl (C=O) groups excluding carboxylic acids is 2. The van der Waals surface area contributed by atoms with Crippen LogP contribution in [0.5, 0.6) is 0 Å². The molecule has 4 nitrogen and oxygen atoms in total. The fourth-order valence-corrected chi connectivity index (χ4v) is 5.59. The number of amides is 1. The number of halogens is 1. The minimum absolute atomic E-state index is 0.0477. The Morgan fingerprint density at radius 2 is 1.96 bits per heavy atom. The molecule has 2 saturated carbocycles. The second kappa shape index (κ2) is 7.16. The number of benzene rings is 1. The quantitative estimate of drug-likeness (QED) is 0.661. The van der Waals surface area contributed by atoms with Gasteiger partial charge in [-0.2, -0.15) is 0 Å². The van der Waals surface area contributed by atoms with Crippen LogP contribution in [0.25, 0.3) is 11.1 Å². The van der Waals surface area contributed by atoms with Gasteiger partial charge in [0, 0.05) is 21.3 Å². The molecule has 136 valence electrons. The van der Waals surface area contributed by atoms with Crippen LogP contribution in [-0.4, -0.2) is 19.0 Å². The number of hydrogen-bond donors (Lipinski definition) is 1. The van der Waals surface area contributed by atoms with Gasteiger partial charge in [0.2, 0.25) is 5.91 Å². The summed E-state index contributed by atoms with van der Waals surface area (Å²) in [5, 5.41) is 5.52. The molecule has 1 N–H and O–H groups in total. The average Bonchev–Trinajstić information content (AvgIpc) is 3.37. The zero-order valence-corrected chi connectivity index (χ0v) is 16.9. The molecule has 2 aromatic rings. The smallest absolute Gasteiger partial charge is 0.341 e. The summed E-state index contributed by atoms with van der Waals surface area (Å²) < 4.78 is 5.96. The summed E-state index contributed by atoms with van der Waals surface area (Å²) in [4.78, 5) is 25.2. The predicted molar refractivity (Wildman–Crippen MR) is 106 cm³/mol. The molecule has 1 heterocycles. The van der Waals surface area contributed by atoms with Crippen LogP contribution in [0.1, 0.15) is 36.0 Å². The van der Waals surface area contributed by atoms with Gasteiger partial charge in [-0.25, -0.2) is 4.79 Å². The molecule has 0 spiro atoms. The highest BCUT2D eigenvalue weighted by Gasteiger charge is 2.43. The van der Waals surface area contributed by atoms with Gasteiger partial charge >= 0.3 is 5.97 Å². The maximum absolute atomic E-state index is 12.8. The van der Waals surface area contributed by atoms with Crippen LogP contribution in [0.4, 0.5) is 5.00 Å². The van der Waals surface area contributed by atoms with E-state index >= 15 is 0 Å². The van der Waals surface area contributed by atoms with Gasteiger partial charge < -0.3 is 10.1 Å². The Kier molecular flexibility index (Phi) is 4.88. The molecule has 0 aliphatic heterocycles. The van der Waals surface area contributed by atoms with E-state index < -0.39 is 5.97 Å². The molecule has 2 fully saturated rings. The molecule has 26 heavy (non-hydrogen) atoms. The highest BCUT2D eigenvalue weighted by atomic mass is 79.9. The molecule has 0 radical (unpaired) electrons. The fraction of sp³-hybridized carbons (Fsp3) is 0.400. The van der Waals surface area contributed by atoms with Crippen LogP contribution < -0.4 is 5.32 Å². The normalized spacial score (nSPS) is 23.8. The summed E-state index contributed by atoms with van der Waals surface area (Å²) in [5.41, 5.74) is 2.15. The molecule has 1 amide bonds. The minimum atomic E-state index is -0.424. The van der Waals surface area contributed by atoms with E-state index in [4.69, 9.17) is 4.74 Å². The minimum Gasteiger partial charge on any atom is -0.465 e. The molecule has 2 bridgehead atoms. The first kappa shape index (κ1) is 17.7. The van der Waals surface area contributed by atoms with E-state index in [9.17, 15) is 9.59 Å². The molecule has 2 aliphatic rings. The standard InChI is InChI=1S/C20H20BrNO3S/c1-25-20(24)17-16(12-4-6-14(21)7-5-12)10-26-19(17)22-18(23)15-9-11-2-3-13(15)8-11/h4-7,10-11,13,15H,2-3,8-9H2,1H3,(H,22,23). The molecule has 4 rings (SSSR count). The zero-order chi connectivity index (χ0) is 18.3. The molecule has 3 unspecified atom stereocenters. The second-order valence-electron chi connectivity index (χ2n) is 7.12. The summed E-state index contributed by atoms with van der Waals surface area (Å²) in [6.45, 7) is 0. The van der Waals surface area contributed by atoms with E-state index in [0.717, 1.165) is 28.4 Å². The van der Waals surface area contributed by atoms with Crippen LogP contribution in [0.2, 0.25) is 0 Å². The summed E-state index contributed by atoms with van der Waals surface area (Å²) in [7, 11) is 1.37. The van der Waals surface area contributed by atoms with E-state index in [-0.39, 0.29) is 11.8 Å². The second-order valence-corrected chi connectivity index (χ2v) is 8.92. The number of nitrogens with one attached hydrogen (secondary N) is 1. The van der Waals surface area contributed by atoms with Crippen LogP contribution >= 0.6 is 27.3 Å². The Morgan fingerprint density at radius 1 is 1.19 bits per heavy atom. The van der Waals surface area contributed by atoms with E-state index in [1.807, 2.05) is 29.6 Å². The molecular formula is C20H20BrNO3S. The number of hydrogen-bond acceptors (Lipinski definition) is 4. The molecule has 3 atom stereocenters. The topological polar surface area (TPSA) is 55.4 Å². The SMILES string of the molecule is COC(=O)c1c(-c2ccc(Br)cc2)csc1NC(=O)C1CC2CCC1C2. The summed E-state index contributed by atoms with van der Waals surface area (Å²) >= 11 is 4.81. The van der Waals surface area contributed by atoms with Crippen molar-refractivity contribution in [3.8, 4) is 11.1 Å². The number of esters is 1. The Hall–Kier alpha value is -1.66. The fourth-order valence-electron chi connectivity index (χ4n) is 4.37. The zero-order valence-electron chi connectivity index (χ0n) is 14.5. The van der Waals surface area contributed by atoms with Crippen molar-refractivity contribution in [1.29, 1.82) is 0 Å². The first-order valence-corrected chi connectivity index (χ1v) is 10.5. The maximum atomic E-state index is 12.8. The number of ether oxygens (including phenoxy) is 1. The monoisotopic (exact) mass is 433 g/mol. The van der Waals surface area contributed by atoms with Gasteiger partial charge in [-0.3, -0.25) is 4.79 Å². The van der Waals surface area contributed by atoms with Crippen molar-refractivity contribution in [2.75, 3.05) is 12.4 Å². The van der Waals surface area contributed by atoms with Gasteiger partial charge in [-0.05, 0) is 48.8 Å². The van der Waals surface area contributed by atoms with E-state index in [0.29, 0.717) is 22.4 Å². The summed E-state index contributed by atoms with van der Waals surface area (Å²) in [6.07, 6.45) is 4.57. The van der Waals surface area contributed by atoms with Crippen LogP contribution in [-0.2, 0) is 9.53 Å². The van der Waals surface area contributed by atoms with E-state index in [1.165, 1.54) is 31.3 Å². The molecule has 2 aliphatic carbocycles. The van der Waals surface area contributed by atoms with Crippen molar-refractivity contribution in [3.63, 3.8) is 0 Å². The molecule has 1 aromatic carbocycles. The van der Waals surface area contributed by atoms with Crippen LogP contribution in [0.3, 0.4) is 0 Å². The van der Waals surface area contributed by atoms with E-state index in [1.54, 1.807) is 0 Å². The summed E-state index contributed by atoms with van der Waals surface area (Å²) in [6, 6.07) is 7.75. The van der Waals surface area contributed by atoms with Crippen molar-refractivity contribution in [1.82, 2.24) is 0 Å². The Balaban J connectivity index is 1.62. The highest BCUT2D eigenvalue weighted by Crippen LogP contribution is 2.49. The van der Waals surface area contributed by atoms with Crippen molar-refractivity contribution < 1.29 is 14.3 Å². The number of carbonyl (C=O) groups is 2. The molecule has 1 aromatic heterocycles. The van der Waals surface area contributed by atoms with Crippen LogP contribution in [0, 0.1) is 17.8 Å². The van der Waals surface area contributed by atoms with Gasteiger partial charge in [0.25, 0.3) is 0 Å². The van der Waals surface area contributed by atoms with Crippen molar-refractivity contribution >= 4 is 44.1 Å². The number of rotatable bonds is 4. The van der Waals surface area contributed by atoms with Crippen molar-refractivity contribution in [2.24, 2.45) is 17.8 Å². The Labute approximate surface area is 165 Å². The summed E-state index contributed by atoms with van der Waals surface area (Å²) in [5.74, 6) is 0.918. The first-order chi connectivity index (χ1) is 12.6. The number of methoxy groups -OCH3 is 1. The largest absolute Gasteiger partial charge is 0.465 e. The molecule has 0 saturated heterocycles. The van der Waals surface area contributed by atoms with Crippen molar-refractivity contribution in [3.05, 3.63) is 39.7 Å². The lowest BCUT2D eigenvalue weighted by atomic mass is 9.88. The van der Waals surface area contributed by atoms with Gasteiger partial charge in [-0.1, -0.05) is 34.5 Å². The number of anilines is 1. The highest BCUT2D eigenvalue weighted by molar-refractivity contribution is 9.10. The molecule has 6 heteroatoms. The number of fused-ring (bicyclic) bond motifs is 2. The predicted octanol–water partition coefficient (Wildman–Crippen LogP) is 5.34. The number of thiophene rings is 1. The van der Waals surface area contributed by atoms with Gasteiger partial charge in [0.15, 0.2) is 0 Å².